The number of rotatable bonds is 6. The minimum absolute atomic E-state index is 0.0693. The third-order valence-corrected chi connectivity index (χ3v) is 3.38. The number of furan rings is 1. The molecule has 2 atom stereocenters. The minimum Gasteiger partial charge on any atom is -0.463 e. The number of ether oxygens (including phenoxy) is 2. The highest BCUT2D eigenvalue weighted by atomic mass is 16.5. The van der Waals surface area contributed by atoms with E-state index in [1.807, 2.05) is 6.92 Å². The molecule has 0 aliphatic carbocycles. The van der Waals surface area contributed by atoms with Crippen LogP contribution in [0.2, 0.25) is 0 Å². The molecule has 2 rings (SSSR count). The van der Waals surface area contributed by atoms with Gasteiger partial charge in [-0.15, -0.1) is 0 Å². The molecule has 1 saturated heterocycles. The summed E-state index contributed by atoms with van der Waals surface area (Å²) in [5.41, 5.74) is 0. The fourth-order valence-corrected chi connectivity index (χ4v) is 2.23. The molecule has 1 N–H and O–H groups in total. The molecular formula is C14H21NO4. The van der Waals surface area contributed by atoms with Gasteiger partial charge in [0.2, 0.25) is 5.76 Å². The first kappa shape index (κ1) is 14.1. The third kappa shape index (κ3) is 3.81. The van der Waals surface area contributed by atoms with Gasteiger partial charge < -0.3 is 19.2 Å². The Labute approximate surface area is 113 Å². The van der Waals surface area contributed by atoms with E-state index in [-0.39, 0.29) is 11.8 Å². The molecule has 1 aromatic heterocycles. The van der Waals surface area contributed by atoms with Crippen LogP contribution in [0.5, 0.6) is 0 Å². The van der Waals surface area contributed by atoms with Crippen LogP contribution >= 0.6 is 0 Å². The molecule has 5 nitrogen and oxygen atoms in total. The van der Waals surface area contributed by atoms with Crippen molar-refractivity contribution >= 4 is 5.97 Å². The van der Waals surface area contributed by atoms with Crippen LogP contribution in [0.25, 0.3) is 0 Å². The van der Waals surface area contributed by atoms with Gasteiger partial charge in [0, 0.05) is 6.61 Å². The van der Waals surface area contributed by atoms with Crippen molar-refractivity contribution in [2.75, 3.05) is 20.3 Å². The fourth-order valence-electron chi connectivity index (χ4n) is 2.23. The van der Waals surface area contributed by atoms with Crippen LogP contribution in [-0.4, -0.2) is 32.3 Å². The predicted octanol–water partition coefficient (Wildman–Crippen LogP) is 2.29. The second-order valence-corrected chi connectivity index (χ2v) is 4.79. The molecule has 1 aromatic rings. The molecule has 2 heterocycles. The SMILES string of the molecule is COC(=O)c1ccc(C(C)NCCC2CCCO2)o1. The third-order valence-electron chi connectivity index (χ3n) is 3.38. The molecule has 0 aromatic carbocycles. The molecule has 5 heteroatoms. The van der Waals surface area contributed by atoms with Crippen molar-refractivity contribution in [1.82, 2.24) is 5.32 Å². The number of hydrogen-bond acceptors (Lipinski definition) is 5. The van der Waals surface area contributed by atoms with E-state index >= 15 is 0 Å². The van der Waals surface area contributed by atoms with E-state index < -0.39 is 5.97 Å². The molecule has 1 aliphatic heterocycles. The summed E-state index contributed by atoms with van der Waals surface area (Å²) in [6.45, 7) is 3.77. The molecule has 106 valence electrons. The normalized spacial score (nSPS) is 20.4. The zero-order valence-corrected chi connectivity index (χ0v) is 11.5. The van der Waals surface area contributed by atoms with E-state index in [2.05, 4.69) is 10.1 Å². The zero-order chi connectivity index (χ0) is 13.7. The Morgan fingerprint density at radius 3 is 3.11 bits per heavy atom. The maximum atomic E-state index is 11.3. The smallest absolute Gasteiger partial charge is 0.373 e. The zero-order valence-electron chi connectivity index (χ0n) is 11.5. The summed E-state index contributed by atoms with van der Waals surface area (Å²) in [4.78, 5) is 11.3. The molecule has 0 radical (unpaired) electrons. The molecule has 0 bridgehead atoms. The Hall–Kier alpha value is -1.33. The first-order valence-corrected chi connectivity index (χ1v) is 6.73. The molecule has 19 heavy (non-hydrogen) atoms. The average molecular weight is 267 g/mol. The number of nitrogens with one attached hydrogen (secondary N) is 1. The quantitative estimate of drug-likeness (QED) is 0.801. The van der Waals surface area contributed by atoms with E-state index in [0.717, 1.165) is 31.8 Å². The van der Waals surface area contributed by atoms with Crippen molar-refractivity contribution in [3.8, 4) is 0 Å². The van der Waals surface area contributed by atoms with Crippen LogP contribution in [0.4, 0.5) is 0 Å². The molecule has 2 unspecified atom stereocenters. The highest BCUT2D eigenvalue weighted by Crippen LogP contribution is 2.18. The van der Waals surface area contributed by atoms with Gasteiger partial charge in [0.1, 0.15) is 5.76 Å². The monoisotopic (exact) mass is 267 g/mol. The van der Waals surface area contributed by atoms with Gasteiger partial charge in [0.25, 0.3) is 0 Å². The first-order chi connectivity index (χ1) is 9.20. The van der Waals surface area contributed by atoms with Gasteiger partial charge in [-0.1, -0.05) is 0 Å². The van der Waals surface area contributed by atoms with Gasteiger partial charge in [-0.25, -0.2) is 4.79 Å². The first-order valence-electron chi connectivity index (χ1n) is 6.73. The van der Waals surface area contributed by atoms with Gasteiger partial charge in [-0.3, -0.25) is 0 Å². The lowest BCUT2D eigenvalue weighted by Crippen LogP contribution is -2.23. The van der Waals surface area contributed by atoms with E-state index in [4.69, 9.17) is 9.15 Å². The van der Waals surface area contributed by atoms with Gasteiger partial charge in [-0.2, -0.15) is 0 Å². The van der Waals surface area contributed by atoms with Crippen molar-refractivity contribution in [3.05, 3.63) is 23.7 Å². The van der Waals surface area contributed by atoms with Crippen LogP contribution in [0.1, 0.15) is 48.5 Å². The number of hydrogen-bond donors (Lipinski definition) is 1. The molecular weight excluding hydrogens is 246 g/mol. The number of carbonyl (C=O) groups is 1. The van der Waals surface area contributed by atoms with Crippen molar-refractivity contribution in [2.24, 2.45) is 0 Å². The van der Waals surface area contributed by atoms with Crippen LogP contribution in [0.3, 0.4) is 0 Å². The van der Waals surface area contributed by atoms with E-state index in [1.165, 1.54) is 13.5 Å². The van der Waals surface area contributed by atoms with Gasteiger partial charge in [0.05, 0.1) is 19.3 Å². The van der Waals surface area contributed by atoms with Gasteiger partial charge in [0.15, 0.2) is 0 Å². The standard InChI is InChI=1S/C14H21NO4/c1-10(15-8-7-11-4-3-9-18-11)12-5-6-13(19-12)14(16)17-2/h5-6,10-11,15H,3-4,7-9H2,1-2H3. The second-order valence-electron chi connectivity index (χ2n) is 4.79. The van der Waals surface area contributed by atoms with Gasteiger partial charge in [-0.05, 0) is 44.9 Å². The summed E-state index contributed by atoms with van der Waals surface area (Å²) in [7, 11) is 1.34. The Balaban J connectivity index is 1.77. The lowest BCUT2D eigenvalue weighted by molar-refractivity contribution is 0.0562. The van der Waals surface area contributed by atoms with Crippen LogP contribution in [-0.2, 0) is 9.47 Å². The number of methoxy groups -OCH3 is 1. The summed E-state index contributed by atoms with van der Waals surface area (Å²) >= 11 is 0. The summed E-state index contributed by atoms with van der Waals surface area (Å²) in [6.07, 6.45) is 3.72. The van der Waals surface area contributed by atoms with Gasteiger partial charge >= 0.3 is 5.97 Å². The Morgan fingerprint density at radius 1 is 1.58 bits per heavy atom. The number of esters is 1. The predicted molar refractivity (Wildman–Crippen MR) is 70.1 cm³/mol. The Bertz CT molecular complexity index is 409. The van der Waals surface area contributed by atoms with Crippen LogP contribution < -0.4 is 5.32 Å². The average Bonchev–Trinajstić information content (AvgIpc) is 3.08. The van der Waals surface area contributed by atoms with Crippen LogP contribution in [0, 0.1) is 0 Å². The Morgan fingerprint density at radius 2 is 2.42 bits per heavy atom. The highest BCUT2D eigenvalue weighted by molar-refractivity contribution is 5.86. The summed E-state index contributed by atoms with van der Waals surface area (Å²) in [6, 6.07) is 3.51. The fraction of sp³-hybridized carbons (Fsp3) is 0.643. The molecule has 0 amide bonds. The summed E-state index contributed by atoms with van der Waals surface area (Å²) in [5.74, 6) is 0.538. The molecule has 1 aliphatic rings. The van der Waals surface area contributed by atoms with E-state index in [1.54, 1.807) is 12.1 Å². The minimum atomic E-state index is -0.446. The second kappa shape index (κ2) is 6.73. The highest BCUT2D eigenvalue weighted by Gasteiger charge is 2.17. The Kier molecular flexibility index (Phi) is 4.99. The summed E-state index contributed by atoms with van der Waals surface area (Å²) in [5, 5.41) is 3.37. The summed E-state index contributed by atoms with van der Waals surface area (Å²) < 4.78 is 15.6. The molecule has 1 fully saturated rings. The maximum Gasteiger partial charge on any atom is 0.373 e. The largest absolute Gasteiger partial charge is 0.463 e. The maximum absolute atomic E-state index is 11.3. The lowest BCUT2D eigenvalue weighted by atomic mass is 10.1. The molecule has 0 spiro atoms. The lowest BCUT2D eigenvalue weighted by Gasteiger charge is -2.13. The number of carbonyl (C=O) groups excluding carboxylic acids is 1. The van der Waals surface area contributed by atoms with Crippen molar-refractivity contribution in [2.45, 2.75) is 38.3 Å². The van der Waals surface area contributed by atoms with E-state index in [9.17, 15) is 4.79 Å². The van der Waals surface area contributed by atoms with Crippen molar-refractivity contribution < 1.29 is 18.7 Å². The van der Waals surface area contributed by atoms with Crippen LogP contribution in [0.15, 0.2) is 16.5 Å². The molecule has 0 saturated carbocycles. The van der Waals surface area contributed by atoms with E-state index in [0.29, 0.717) is 6.10 Å². The van der Waals surface area contributed by atoms with Crippen molar-refractivity contribution in [1.29, 1.82) is 0 Å². The van der Waals surface area contributed by atoms with Crippen molar-refractivity contribution in [3.63, 3.8) is 0 Å². The topological polar surface area (TPSA) is 60.7 Å².